The molecule has 1 fully saturated rings. The van der Waals surface area contributed by atoms with E-state index in [9.17, 15) is 4.79 Å². The largest absolute Gasteiger partial charge is 0.326 e. The SMILES string of the molecule is Cc1cc2c(cc1-c1cc(C)c3ncnn3c1)[nH]c(=O)n2C1CCCN(CCC(C)(C)C)C1. The lowest BCUT2D eigenvalue weighted by molar-refractivity contribution is 0.157. The van der Waals surface area contributed by atoms with Crippen molar-refractivity contribution in [3.8, 4) is 11.1 Å². The number of H-pyrrole nitrogens is 1. The Morgan fingerprint density at radius 3 is 2.76 bits per heavy atom. The summed E-state index contributed by atoms with van der Waals surface area (Å²) >= 11 is 0. The predicted molar refractivity (Wildman–Crippen MR) is 133 cm³/mol. The number of likely N-dealkylation sites (tertiary alicyclic amines) is 1. The first kappa shape index (κ1) is 21.9. The van der Waals surface area contributed by atoms with E-state index < -0.39 is 0 Å². The first-order chi connectivity index (χ1) is 15.7. The molecule has 3 aromatic heterocycles. The number of hydrogen-bond acceptors (Lipinski definition) is 4. The fourth-order valence-corrected chi connectivity index (χ4v) is 5.13. The summed E-state index contributed by atoms with van der Waals surface area (Å²) in [6, 6.07) is 6.62. The van der Waals surface area contributed by atoms with Crippen LogP contribution in [0.5, 0.6) is 0 Å². The molecule has 1 aliphatic heterocycles. The summed E-state index contributed by atoms with van der Waals surface area (Å²) in [6.07, 6.45) is 6.92. The van der Waals surface area contributed by atoms with E-state index in [0.717, 1.165) is 71.4 Å². The summed E-state index contributed by atoms with van der Waals surface area (Å²) in [5, 5.41) is 4.31. The number of aromatic amines is 1. The average Bonchev–Trinajstić information content (AvgIpc) is 3.35. The van der Waals surface area contributed by atoms with Crippen molar-refractivity contribution in [2.24, 2.45) is 5.41 Å². The third-order valence-corrected chi connectivity index (χ3v) is 6.96. The minimum Gasteiger partial charge on any atom is -0.306 e. The van der Waals surface area contributed by atoms with Crippen LogP contribution in [0.4, 0.5) is 0 Å². The fourth-order valence-electron chi connectivity index (χ4n) is 5.13. The molecule has 0 aliphatic carbocycles. The van der Waals surface area contributed by atoms with Crippen molar-refractivity contribution >= 4 is 16.7 Å². The van der Waals surface area contributed by atoms with Crippen LogP contribution in [0.3, 0.4) is 0 Å². The van der Waals surface area contributed by atoms with Gasteiger partial charge in [0.2, 0.25) is 0 Å². The highest BCUT2D eigenvalue weighted by molar-refractivity contribution is 5.84. The molecule has 1 N–H and O–H groups in total. The third-order valence-electron chi connectivity index (χ3n) is 6.96. The second-order valence-electron chi connectivity index (χ2n) is 10.8. The smallest absolute Gasteiger partial charge is 0.306 e. The first-order valence-electron chi connectivity index (χ1n) is 12.0. The Kier molecular flexibility index (Phi) is 5.40. The maximum absolute atomic E-state index is 13.1. The van der Waals surface area contributed by atoms with Gasteiger partial charge in [-0.15, -0.1) is 0 Å². The number of rotatable bonds is 4. The van der Waals surface area contributed by atoms with E-state index >= 15 is 0 Å². The molecule has 1 aliphatic rings. The molecule has 0 saturated carbocycles. The molecule has 0 radical (unpaired) electrons. The Bertz CT molecular complexity index is 1370. The van der Waals surface area contributed by atoms with Crippen LogP contribution in [-0.4, -0.2) is 48.7 Å². The lowest BCUT2D eigenvalue weighted by atomic mass is 9.91. The van der Waals surface area contributed by atoms with Crippen LogP contribution >= 0.6 is 0 Å². The van der Waals surface area contributed by atoms with Gasteiger partial charge in [-0.3, -0.25) is 4.57 Å². The quantitative estimate of drug-likeness (QED) is 0.492. The van der Waals surface area contributed by atoms with Gasteiger partial charge < -0.3 is 9.88 Å². The van der Waals surface area contributed by atoms with Crippen molar-refractivity contribution in [1.29, 1.82) is 0 Å². The van der Waals surface area contributed by atoms with Crippen LogP contribution in [0.1, 0.15) is 57.2 Å². The molecule has 1 atom stereocenters. The maximum Gasteiger partial charge on any atom is 0.326 e. The van der Waals surface area contributed by atoms with Gasteiger partial charge >= 0.3 is 5.69 Å². The number of piperidine rings is 1. The molecule has 1 unspecified atom stereocenters. The Labute approximate surface area is 194 Å². The van der Waals surface area contributed by atoms with Crippen LogP contribution in [0.25, 0.3) is 27.8 Å². The zero-order valence-corrected chi connectivity index (χ0v) is 20.4. The molecule has 5 rings (SSSR count). The highest BCUT2D eigenvalue weighted by atomic mass is 16.1. The third kappa shape index (κ3) is 4.22. The zero-order chi connectivity index (χ0) is 23.3. The number of nitrogens with one attached hydrogen (secondary N) is 1. The minimum atomic E-state index is -0.00729. The van der Waals surface area contributed by atoms with Gasteiger partial charge in [-0.05, 0) is 86.5 Å². The van der Waals surface area contributed by atoms with E-state index in [2.05, 4.69) is 65.9 Å². The van der Waals surface area contributed by atoms with Crippen molar-refractivity contribution in [2.45, 2.75) is 59.9 Å². The molecule has 4 aromatic rings. The van der Waals surface area contributed by atoms with E-state index in [0.29, 0.717) is 5.41 Å². The fraction of sp³-hybridized carbons (Fsp3) is 0.500. The number of hydrogen-bond donors (Lipinski definition) is 1. The number of fused-ring (bicyclic) bond motifs is 2. The van der Waals surface area contributed by atoms with Crippen molar-refractivity contribution in [3.05, 3.63) is 52.3 Å². The maximum atomic E-state index is 13.1. The summed E-state index contributed by atoms with van der Waals surface area (Å²) in [5.41, 5.74) is 7.48. The molecule has 7 heteroatoms. The van der Waals surface area contributed by atoms with E-state index in [-0.39, 0.29) is 11.7 Å². The van der Waals surface area contributed by atoms with E-state index in [1.807, 2.05) is 22.2 Å². The average molecular weight is 447 g/mol. The van der Waals surface area contributed by atoms with Gasteiger partial charge in [0, 0.05) is 18.3 Å². The van der Waals surface area contributed by atoms with Crippen LogP contribution in [0.15, 0.2) is 35.5 Å². The molecule has 33 heavy (non-hydrogen) atoms. The normalized spacial score (nSPS) is 17.9. The molecule has 0 bridgehead atoms. The topological polar surface area (TPSA) is 71.2 Å². The Hall–Kier alpha value is -2.93. The number of benzene rings is 1. The van der Waals surface area contributed by atoms with E-state index in [4.69, 9.17) is 0 Å². The highest BCUT2D eigenvalue weighted by Crippen LogP contribution is 2.31. The second-order valence-corrected chi connectivity index (χ2v) is 10.8. The lowest BCUT2D eigenvalue weighted by Gasteiger charge is -2.34. The highest BCUT2D eigenvalue weighted by Gasteiger charge is 2.25. The zero-order valence-electron chi connectivity index (χ0n) is 20.4. The molecule has 0 amide bonds. The Balaban J connectivity index is 1.49. The van der Waals surface area contributed by atoms with Gasteiger partial charge in [0.05, 0.1) is 17.1 Å². The second kappa shape index (κ2) is 8.13. The molecule has 0 spiro atoms. The van der Waals surface area contributed by atoms with Gasteiger partial charge in [0.15, 0.2) is 5.65 Å². The summed E-state index contributed by atoms with van der Waals surface area (Å²) in [5.74, 6) is 0. The van der Waals surface area contributed by atoms with Gasteiger partial charge in [-0.25, -0.2) is 14.3 Å². The standard InChI is InChI=1S/C26H34N6O/c1-17-12-23-22(13-21(17)19-11-18(2)24-27-16-28-31(24)14-19)29-25(33)32(23)20-7-6-9-30(15-20)10-8-26(3,4)5/h11-14,16,20H,6-10,15H2,1-5H3,(H,29,33). The van der Waals surface area contributed by atoms with Crippen LogP contribution in [0, 0.1) is 19.3 Å². The minimum absolute atomic E-state index is 0.00729. The van der Waals surface area contributed by atoms with Gasteiger partial charge in [0.1, 0.15) is 6.33 Å². The number of imidazole rings is 1. The van der Waals surface area contributed by atoms with E-state index in [1.54, 1.807) is 6.33 Å². The summed E-state index contributed by atoms with van der Waals surface area (Å²) in [6.45, 7) is 14.2. The van der Waals surface area contributed by atoms with Gasteiger partial charge in [0.25, 0.3) is 0 Å². The van der Waals surface area contributed by atoms with E-state index in [1.165, 1.54) is 6.42 Å². The van der Waals surface area contributed by atoms with Crippen LogP contribution in [0.2, 0.25) is 0 Å². The van der Waals surface area contributed by atoms with Gasteiger partial charge in [-0.1, -0.05) is 20.8 Å². The molecular formula is C26H34N6O. The number of pyridine rings is 1. The van der Waals surface area contributed by atoms with Crippen molar-refractivity contribution in [2.75, 3.05) is 19.6 Å². The number of nitrogens with zero attached hydrogens (tertiary/aromatic N) is 5. The van der Waals surface area contributed by atoms with Crippen molar-refractivity contribution < 1.29 is 0 Å². The molecule has 1 aromatic carbocycles. The first-order valence-corrected chi connectivity index (χ1v) is 12.0. The summed E-state index contributed by atoms with van der Waals surface area (Å²) in [4.78, 5) is 23.1. The van der Waals surface area contributed by atoms with Crippen LogP contribution < -0.4 is 5.69 Å². The summed E-state index contributed by atoms with van der Waals surface area (Å²) in [7, 11) is 0. The Morgan fingerprint density at radius 2 is 1.97 bits per heavy atom. The number of aromatic nitrogens is 5. The monoisotopic (exact) mass is 446 g/mol. The van der Waals surface area contributed by atoms with Crippen LogP contribution in [-0.2, 0) is 0 Å². The molecule has 174 valence electrons. The summed E-state index contributed by atoms with van der Waals surface area (Å²) < 4.78 is 3.82. The van der Waals surface area contributed by atoms with Crippen molar-refractivity contribution in [3.63, 3.8) is 0 Å². The predicted octanol–water partition coefficient (Wildman–Crippen LogP) is 4.73. The van der Waals surface area contributed by atoms with Gasteiger partial charge in [-0.2, -0.15) is 5.10 Å². The molecular weight excluding hydrogens is 412 g/mol. The lowest BCUT2D eigenvalue weighted by Crippen LogP contribution is -2.40. The number of aryl methyl sites for hydroxylation is 2. The molecule has 7 nitrogen and oxygen atoms in total. The van der Waals surface area contributed by atoms with Crippen molar-refractivity contribution in [1.82, 2.24) is 29.0 Å². The Morgan fingerprint density at radius 1 is 1.15 bits per heavy atom. The molecule has 1 saturated heterocycles. The molecule has 4 heterocycles.